The van der Waals surface area contributed by atoms with Crippen LogP contribution in [0.5, 0.6) is 0 Å². The van der Waals surface area contributed by atoms with Gasteiger partial charge in [-0.15, -0.1) is 11.8 Å². The van der Waals surface area contributed by atoms with E-state index in [0.29, 0.717) is 24.8 Å². The molecule has 0 unspecified atom stereocenters. The SMILES string of the molecule is COCCN(CCC(=O)OC)C(=O)CN1CSCC1=O. The zero-order valence-corrected chi connectivity index (χ0v) is 12.6. The molecule has 8 heteroatoms. The first-order valence-electron chi connectivity index (χ1n) is 6.27. The molecule has 0 saturated carbocycles. The molecule has 1 heterocycles. The van der Waals surface area contributed by atoms with Crippen LogP contribution in [0.3, 0.4) is 0 Å². The summed E-state index contributed by atoms with van der Waals surface area (Å²) in [6, 6.07) is 0. The van der Waals surface area contributed by atoms with E-state index in [9.17, 15) is 14.4 Å². The molecular weight excluding hydrogens is 284 g/mol. The Labute approximate surface area is 122 Å². The van der Waals surface area contributed by atoms with Crippen molar-refractivity contribution in [3.63, 3.8) is 0 Å². The van der Waals surface area contributed by atoms with Gasteiger partial charge >= 0.3 is 5.97 Å². The van der Waals surface area contributed by atoms with Crippen LogP contribution in [0.4, 0.5) is 0 Å². The summed E-state index contributed by atoms with van der Waals surface area (Å²) >= 11 is 1.49. The van der Waals surface area contributed by atoms with Gasteiger partial charge in [-0.05, 0) is 0 Å². The highest BCUT2D eigenvalue weighted by Gasteiger charge is 2.25. The minimum atomic E-state index is -0.368. The maximum absolute atomic E-state index is 12.2. The number of esters is 1. The number of nitrogens with zero attached hydrogens (tertiary/aromatic N) is 2. The fourth-order valence-corrected chi connectivity index (χ4v) is 2.60. The molecule has 0 aromatic carbocycles. The number of amides is 2. The lowest BCUT2D eigenvalue weighted by atomic mass is 10.3. The van der Waals surface area contributed by atoms with E-state index in [-0.39, 0.29) is 37.3 Å². The Kier molecular flexibility index (Phi) is 7.38. The lowest BCUT2D eigenvalue weighted by Gasteiger charge is -2.24. The third-order valence-electron chi connectivity index (χ3n) is 2.88. The number of carbonyl (C=O) groups is 3. The Bertz CT molecular complexity index is 364. The highest BCUT2D eigenvalue weighted by atomic mass is 32.2. The van der Waals surface area contributed by atoms with E-state index in [1.165, 1.54) is 28.7 Å². The number of carbonyl (C=O) groups excluding carboxylic acids is 3. The zero-order chi connectivity index (χ0) is 15.0. The van der Waals surface area contributed by atoms with Gasteiger partial charge in [0, 0.05) is 20.2 Å². The van der Waals surface area contributed by atoms with Crippen molar-refractivity contribution in [2.45, 2.75) is 6.42 Å². The topological polar surface area (TPSA) is 76.2 Å². The minimum absolute atomic E-state index is 0.0250. The van der Waals surface area contributed by atoms with Gasteiger partial charge in [0.15, 0.2) is 0 Å². The molecule has 1 saturated heterocycles. The normalized spacial score (nSPS) is 14.5. The van der Waals surface area contributed by atoms with Crippen molar-refractivity contribution >= 4 is 29.5 Å². The molecule has 1 aliphatic heterocycles. The molecule has 1 rings (SSSR count). The molecule has 0 radical (unpaired) electrons. The number of hydrogen-bond donors (Lipinski definition) is 0. The Balaban J connectivity index is 2.49. The highest BCUT2D eigenvalue weighted by molar-refractivity contribution is 8.00. The van der Waals surface area contributed by atoms with Gasteiger partial charge in [0.25, 0.3) is 0 Å². The molecule has 0 bridgehead atoms. The predicted octanol–water partition coefficient (Wildman–Crippen LogP) is -0.443. The van der Waals surface area contributed by atoms with Crippen molar-refractivity contribution < 1.29 is 23.9 Å². The van der Waals surface area contributed by atoms with Crippen molar-refractivity contribution in [3.8, 4) is 0 Å². The van der Waals surface area contributed by atoms with Crippen LogP contribution in [-0.2, 0) is 23.9 Å². The summed E-state index contributed by atoms with van der Waals surface area (Å²) in [5.41, 5.74) is 0. The fraction of sp³-hybridized carbons (Fsp3) is 0.750. The second-order valence-corrected chi connectivity index (χ2v) is 5.22. The molecule has 1 aliphatic rings. The van der Waals surface area contributed by atoms with Crippen LogP contribution in [0.2, 0.25) is 0 Å². The first kappa shape index (κ1) is 16.8. The molecule has 114 valence electrons. The van der Waals surface area contributed by atoms with E-state index in [1.54, 1.807) is 7.11 Å². The van der Waals surface area contributed by atoms with Crippen molar-refractivity contribution in [1.82, 2.24) is 9.80 Å². The smallest absolute Gasteiger partial charge is 0.307 e. The first-order valence-corrected chi connectivity index (χ1v) is 7.43. The molecule has 20 heavy (non-hydrogen) atoms. The fourth-order valence-electron chi connectivity index (χ4n) is 1.69. The molecule has 0 aliphatic carbocycles. The number of rotatable bonds is 8. The summed E-state index contributed by atoms with van der Waals surface area (Å²) in [5.74, 6) is 0.394. The van der Waals surface area contributed by atoms with Crippen molar-refractivity contribution in [2.75, 3.05) is 52.1 Å². The Morgan fingerprint density at radius 2 is 2.10 bits per heavy atom. The van der Waals surface area contributed by atoms with Gasteiger partial charge in [-0.2, -0.15) is 0 Å². The van der Waals surface area contributed by atoms with Crippen LogP contribution in [0, 0.1) is 0 Å². The first-order chi connectivity index (χ1) is 9.58. The van der Waals surface area contributed by atoms with Gasteiger partial charge < -0.3 is 19.3 Å². The molecule has 0 N–H and O–H groups in total. The van der Waals surface area contributed by atoms with Crippen LogP contribution in [0.1, 0.15) is 6.42 Å². The Morgan fingerprint density at radius 1 is 1.35 bits per heavy atom. The van der Waals surface area contributed by atoms with Gasteiger partial charge in [0.1, 0.15) is 6.54 Å². The Hall–Kier alpha value is -1.28. The average Bonchev–Trinajstić information content (AvgIpc) is 2.83. The highest BCUT2D eigenvalue weighted by Crippen LogP contribution is 2.14. The second kappa shape index (κ2) is 8.80. The summed E-state index contributed by atoms with van der Waals surface area (Å²) in [7, 11) is 2.85. The van der Waals surface area contributed by atoms with Gasteiger partial charge in [0.05, 0.1) is 31.8 Å². The monoisotopic (exact) mass is 304 g/mol. The van der Waals surface area contributed by atoms with Gasteiger partial charge in [-0.25, -0.2) is 0 Å². The van der Waals surface area contributed by atoms with Crippen LogP contribution >= 0.6 is 11.8 Å². The molecule has 0 atom stereocenters. The quantitative estimate of drug-likeness (QED) is 0.566. The molecule has 0 aromatic rings. The van der Waals surface area contributed by atoms with E-state index < -0.39 is 0 Å². The lowest BCUT2D eigenvalue weighted by molar-refractivity contribution is -0.143. The predicted molar refractivity (Wildman–Crippen MR) is 74.1 cm³/mol. The number of thioether (sulfide) groups is 1. The summed E-state index contributed by atoms with van der Waals surface area (Å²) in [6.07, 6.45) is 0.134. The van der Waals surface area contributed by atoms with Gasteiger partial charge in [0.2, 0.25) is 11.8 Å². The van der Waals surface area contributed by atoms with Gasteiger partial charge in [-0.1, -0.05) is 0 Å². The molecule has 0 spiro atoms. The zero-order valence-electron chi connectivity index (χ0n) is 11.8. The van der Waals surface area contributed by atoms with Crippen LogP contribution in [0.15, 0.2) is 0 Å². The van der Waals surface area contributed by atoms with Crippen LogP contribution in [0.25, 0.3) is 0 Å². The summed E-state index contributed by atoms with van der Waals surface area (Å²) in [5, 5.41) is 0. The third kappa shape index (κ3) is 5.38. The number of hydrogen-bond acceptors (Lipinski definition) is 6. The van der Waals surface area contributed by atoms with E-state index in [4.69, 9.17) is 4.74 Å². The van der Waals surface area contributed by atoms with Crippen molar-refractivity contribution in [2.24, 2.45) is 0 Å². The third-order valence-corrected chi connectivity index (χ3v) is 3.83. The minimum Gasteiger partial charge on any atom is -0.469 e. The standard InChI is InChI=1S/C12H20N2O5S/c1-18-6-5-13(4-3-12(17)19-2)10(15)7-14-9-20-8-11(14)16/h3-9H2,1-2H3. The Morgan fingerprint density at radius 3 is 2.65 bits per heavy atom. The maximum atomic E-state index is 12.2. The summed E-state index contributed by atoms with van der Waals surface area (Å²) in [4.78, 5) is 37.9. The van der Waals surface area contributed by atoms with E-state index in [1.807, 2.05) is 0 Å². The molecule has 7 nitrogen and oxygen atoms in total. The summed E-state index contributed by atoms with van der Waals surface area (Å²) < 4.78 is 9.51. The summed E-state index contributed by atoms with van der Waals surface area (Å²) in [6.45, 7) is 1.10. The van der Waals surface area contributed by atoms with E-state index in [2.05, 4.69) is 4.74 Å². The number of ether oxygens (including phenoxy) is 2. The average molecular weight is 304 g/mol. The number of methoxy groups -OCH3 is 2. The molecule has 1 fully saturated rings. The molecule has 2 amide bonds. The van der Waals surface area contributed by atoms with Crippen molar-refractivity contribution in [1.29, 1.82) is 0 Å². The van der Waals surface area contributed by atoms with Crippen LogP contribution < -0.4 is 0 Å². The second-order valence-electron chi connectivity index (χ2n) is 4.27. The van der Waals surface area contributed by atoms with E-state index in [0.717, 1.165) is 0 Å². The van der Waals surface area contributed by atoms with Crippen molar-refractivity contribution in [3.05, 3.63) is 0 Å². The van der Waals surface area contributed by atoms with E-state index >= 15 is 0 Å². The largest absolute Gasteiger partial charge is 0.469 e. The van der Waals surface area contributed by atoms with Crippen LogP contribution in [-0.4, -0.2) is 79.7 Å². The molecular formula is C12H20N2O5S. The maximum Gasteiger partial charge on any atom is 0.307 e. The molecule has 0 aromatic heterocycles. The lowest BCUT2D eigenvalue weighted by Crippen LogP contribution is -2.43. The van der Waals surface area contributed by atoms with Gasteiger partial charge in [-0.3, -0.25) is 14.4 Å².